The quantitative estimate of drug-likeness (QED) is 0.469. The van der Waals surface area contributed by atoms with Crippen molar-refractivity contribution in [2.24, 2.45) is 0 Å². The number of hydrogen-bond acceptors (Lipinski definition) is 4. The van der Waals surface area contributed by atoms with Gasteiger partial charge in [0.1, 0.15) is 0 Å². The Kier molecular flexibility index (Phi) is 6.18. The Morgan fingerprint density at radius 3 is 2.64 bits per heavy atom. The van der Waals surface area contributed by atoms with Crippen LogP contribution in [0, 0.1) is 0 Å². The lowest BCUT2D eigenvalue weighted by atomic mass is 10.5. The van der Waals surface area contributed by atoms with E-state index in [-0.39, 0.29) is 18.6 Å². The highest BCUT2D eigenvalue weighted by Gasteiger charge is 2.04. The molecular formula is C6H13O4P. The Morgan fingerprint density at radius 2 is 2.18 bits per heavy atom. The molecule has 0 saturated carbocycles. The average Bonchev–Trinajstić information content (AvgIpc) is 2.01. The number of esters is 1. The van der Waals surface area contributed by atoms with Crippen LogP contribution in [0.3, 0.4) is 0 Å². The summed E-state index contributed by atoms with van der Waals surface area (Å²) in [5.41, 5.74) is 0. The van der Waals surface area contributed by atoms with Crippen molar-refractivity contribution in [3.05, 3.63) is 0 Å². The Hall–Kier alpha value is -0.340. The maximum absolute atomic E-state index is 10.7. The molecule has 0 heterocycles. The molecule has 5 heteroatoms. The summed E-state index contributed by atoms with van der Waals surface area (Å²) in [6, 6.07) is 0. The molecule has 0 saturated heterocycles. The normalized spacial score (nSPS) is 12.5. The predicted octanol–water partition coefficient (Wildman–Crippen LogP) is 1.06. The third-order valence-corrected chi connectivity index (χ3v) is 2.18. The zero-order valence-corrected chi connectivity index (χ0v) is 7.75. The van der Waals surface area contributed by atoms with Gasteiger partial charge in [-0.2, -0.15) is 0 Å². The molecule has 0 bridgehead atoms. The fourth-order valence-corrected chi connectivity index (χ4v) is 1.15. The lowest BCUT2D eigenvalue weighted by Gasteiger charge is -2.00. The second-order valence-electron chi connectivity index (χ2n) is 1.88. The molecule has 0 N–H and O–H groups in total. The van der Waals surface area contributed by atoms with E-state index in [0.29, 0.717) is 6.61 Å². The van der Waals surface area contributed by atoms with Gasteiger partial charge in [-0.05, 0) is 6.92 Å². The molecule has 4 nitrogen and oxygen atoms in total. The number of hydrogen-bond donors (Lipinski definition) is 0. The van der Waals surface area contributed by atoms with E-state index in [1.807, 2.05) is 0 Å². The summed E-state index contributed by atoms with van der Waals surface area (Å²) in [6.45, 7) is 2.10. The summed E-state index contributed by atoms with van der Waals surface area (Å²) in [7, 11) is -0.625. The van der Waals surface area contributed by atoms with Gasteiger partial charge < -0.3 is 9.26 Å². The Balaban J connectivity index is 3.38. The molecule has 0 aromatic rings. The zero-order chi connectivity index (χ0) is 8.69. The summed E-state index contributed by atoms with van der Waals surface area (Å²) in [4.78, 5) is 10.7. The molecule has 0 amide bonds. The number of carbonyl (C=O) groups is 1. The maximum atomic E-state index is 10.7. The monoisotopic (exact) mass is 180 g/mol. The number of ether oxygens (including phenoxy) is 1. The predicted molar refractivity (Wildman–Crippen MR) is 42.1 cm³/mol. The van der Waals surface area contributed by atoms with Crippen LogP contribution in [0.15, 0.2) is 0 Å². The molecule has 0 fully saturated rings. The van der Waals surface area contributed by atoms with Crippen molar-refractivity contribution in [1.29, 1.82) is 0 Å². The van der Waals surface area contributed by atoms with E-state index in [4.69, 9.17) is 0 Å². The second kappa shape index (κ2) is 6.38. The molecule has 0 aliphatic rings. The molecule has 0 spiro atoms. The lowest BCUT2D eigenvalue weighted by molar-refractivity contribution is -0.142. The third-order valence-electron chi connectivity index (χ3n) is 1.07. The minimum Gasteiger partial charge on any atom is -0.466 e. The van der Waals surface area contributed by atoms with Gasteiger partial charge >= 0.3 is 5.97 Å². The minimum atomic E-state index is -1.99. The van der Waals surface area contributed by atoms with Crippen LogP contribution >= 0.6 is 8.03 Å². The van der Waals surface area contributed by atoms with Gasteiger partial charge in [-0.25, -0.2) is 0 Å². The fourth-order valence-electron chi connectivity index (χ4n) is 0.539. The van der Waals surface area contributed by atoms with E-state index in [1.165, 1.54) is 7.11 Å². The molecular weight excluding hydrogens is 167 g/mol. The van der Waals surface area contributed by atoms with Gasteiger partial charge in [0.15, 0.2) is 8.03 Å². The van der Waals surface area contributed by atoms with Gasteiger partial charge in [0.2, 0.25) is 0 Å². The van der Waals surface area contributed by atoms with Crippen molar-refractivity contribution in [3.63, 3.8) is 0 Å². The summed E-state index contributed by atoms with van der Waals surface area (Å²) < 4.78 is 19.8. The van der Waals surface area contributed by atoms with E-state index in [1.54, 1.807) is 6.92 Å². The van der Waals surface area contributed by atoms with Crippen molar-refractivity contribution in [1.82, 2.24) is 0 Å². The van der Waals surface area contributed by atoms with Crippen LogP contribution in [0.2, 0.25) is 0 Å². The molecule has 0 aliphatic heterocycles. The van der Waals surface area contributed by atoms with E-state index >= 15 is 0 Å². The lowest BCUT2D eigenvalue weighted by Crippen LogP contribution is -2.04. The highest BCUT2D eigenvalue weighted by molar-refractivity contribution is 7.39. The Labute approximate surface area is 66.7 Å². The van der Waals surface area contributed by atoms with Crippen molar-refractivity contribution < 1.29 is 18.6 Å². The van der Waals surface area contributed by atoms with E-state index in [0.717, 1.165) is 0 Å². The fraction of sp³-hybridized carbons (Fsp3) is 0.833. The Bertz CT molecular complexity index is 146. The van der Waals surface area contributed by atoms with Crippen LogP contribution in [-0.2, 0) is 18.6 Å². The molecule has 1 atom stereocenters. The summed E-state index contributed by atoms with van der Waals surface area (Å²) in [5.74, 6) is -0.317. The van der Waals surface area contributed by atoms with Crippen molar-refractivity contribution >= 4 is 14.0 Å². The molecule has 0 aromatic carbocycles. The summed E-state index contributed by atoms with van der Waals surface area (Å²) in [5, 5.41) is 0. The van der Waals surface area contributed by atoms with Gasteiger partial charge in [0, 0.05) is 13.3 Å². The highest BCUT2D eigenvalue weighted by Crippen LogP contribution is 2.20. The molecule has 11 heavy (non-hydrogen) atoms. The molecule has 1 unspecified atom stereocenters. The first-order valence-electron chi connectivity index (χ1n) is 3.43. The standard InChI is InChI=1S/C6H13O4P/c1-3-10-6(7)4-5-11(8)9-2/h11H,3-5H2,1-2H3. The zero-order valence-electron chi connectivity index (χ0n) is 6.75. The maximum Gasteiger partial charge on any atom is 0.306 e. The van der Waals surface area contributed by atoms with Crippen molar-refractivity contribution in [3.8, 4) is 0 Å². The number of rotatable bonds is 5. The first-order chi connectivity index (χ1) is 5.20. The van der Waals surface area contributed by atoms with E-state index < -0.39 is 8.03 Å². The molecule has 0 radical (unpaired) electrons. The topological polar surface area (TPSA) is 52.6 Å². The van der Waals surface area contributed by atoms with Crippen LogP contribution < -0.4 is 0 Å². The minimum absolute atomic E-state index is 0.180. The average molecular weight is 180 g/mol. The Morgan fingerprint density at radius 1 is 1.55 bits per heavy atom. The van der Waals surface area contributed by atoms with Gasteiger partial charge in [-0.3, -0.25) is 9.36 Å². The smallest absolute Gasteiger partial charge is 0.306 e. The molecule has 0 aliphatic carbocycles. The van der Waals surface area contributed by atoms with Crippen molar-refractivity contribution in [2.45, 2.75) is 13.3 Å². The largest absolute Gasteiger partial charge is 0.466 e. The first kappa shape index (κ1) is 10.7. The van der Waals surface area contributed by atoms with Gasteiger partial charge in [-0.15, -0.1) is 0 Å². The van der Waals surface area contributed by atoms with Crippen LogP contribution in [0.4, 0.5) is 0 Å². The summed E-state index contributed by atoms with van der Waals surface area (Å²) in [6.07, 6.45) is 0.458. The number of carbonyl (C=O) groups excluding carboxylic acids is 1. The molecule has 66 valence electrons. The van der Waals surface area contributed by atoms with E-state index in [9.17, 15) is 9.36 Å². The second-order valence-corrected chi connectivity index (χ2v) is 3.53. The highest BCUT2D eigenvalue weighted by atomic mass is 31.1. The van der Waals surface area contributed by atoms with Crippen molar-refractivity contribution in [2.75, 3.05) is 19.9 Å². The first-order valence-corrected chi connectivity index (χ1v) is 4.95. The van der Waals surface area contributed by atoms with Gasteiger partial charge in [0.25, 0.3) is 0 Å². The van der Waals surface area contributed by atoms with Gasteiger partial charge in [-0.1, -0.05) is 0 Å². The molecule has 0 aromatic heterocycles. The van der Waals surface area contributed by atoms with Crippen LogP contribution in [0.25, 0.3) is 0 Å². The van der Waals surface area contributed by atoms with Crippen LogP contribution in [0.1, 0.15) is 13.3 Å². The summed E-state index contributed by atoms with van der Waals surface area (Å²) >= 11 is 0. The van der Waals surface area contributed by atoms with Crippen LogP contribution in [-0.4, -0.2) is 25.8 Å². The van der Waals surface area contributed by atoms with E-state index in [2.05, 4.69) is 9.26 Å². The SMILES string of the molecule is CCOC(=O)CC[PH](=O)OC. The van der Waals surface area contributed by atoms with Crippen LogP contribution in [0.5, 0.6) is 0 Å². The molecule has 0 rings (SSSR count). The third kappa shape index (κ3) is 6.07. The van der Waals surface area contributed by atoms with Gasteiger partial charge in [0.05, 0.1) is 13.0 Å².